The maximum absolute atomic E-state index is 13.8. The Hall–Kier alpha value is -4.49. The summed E-state index contributed by atoms with van der Waals surface area (Å²) in [7, 11) is 0. The van der Waals surface area contributed by atoms with Crippen LogP contribution in [0.2, 0.25) is 5.02 Å². The van der Waals surface area contributed by atoms with Crippen molar-refractivity contribution in [3.05, 3.63) is 125 Å². The summed E-state index contributed by atoms with van der Waals surface area (Å²) in [5.41, 5.74) is 3.89. The topological polar surface area (TPSA) is 99.6 Å². The highest BCUT2D eigenvalue weighted by Gasteiger charge is 2.22. The van der Waals surface area contributed by atoms with Crippen LogP contribution >= 0.6 is 11.6 Å². The molecular weight excluding hydrogens is 514 g/mol. The molecule has 2 amide bonds. The number of halogens is 1. The summed E-state index contributed by atoms with van der Waals surface area (Å²) in [6, 6.07) is 25.2. The van der Waals surface area contributed by atoms with Crippen LogP contribution in [-0.4, -0.2) is 45.9 Å². The third-order valence-corrected chi connectivity index (χ3v) is 6.51. The molecule has 0 atom stereocenters. The molecule has 2 N–H and O–H groups in total. The Labute approximate surface area is 232 Å². The van der Waals surface area contributed by atoms with Crippen molar-refractivity contribution in [2.45, 2.75) is 19.4 Å². The van der Waals surface area contributed by atoms with E-state index in [9.17, 15) is 19.5 Å². The number of carboxylic acid groups (broad SMARTS) is 1. The lowest BCUT2D eigenvalue weighted by Crippen LogP contribution is -2.35. The van der Waals surface area contributed by atoms with Crippen LogP contribution in [0.25, 0.3) is 11.1 Å². The minimum atomic E-state index is -0.981. The van der Waals surface area contributed by atoms with E-state index in [1.54, 1.807) is 65.8 Å². The smallest absolute Gasteiger partial charge is 0.305 e. The summed E-state index contributed by atoms with van der Waals surface area (Å²) in [5, 5.41) is 12.8. The molecule has 0 spiro atoms. The monoisotopic (exact) mass is 541 g/mol. The lowest BCUT2D eigenvalue weighted by Gasteiger charge is -2.24. The Balaban J connectivity index is 1.60. The summed E-state index contributed by atoms with van der Waals surface area (Å²) in [6.45, 7) is 0.712. The number of nitrogens with zero attached hydrogens (tertiary/aromatic N) is 2. The number of rotatable bonds is 11. The van der Waals surface area contributed by atoms with Gasteiger partial charge < -0.3 is 15.3 Å². The van der Waals surface area contributed by atoms with Crippen LogP contribution in [0, 0.1) is 0 Å². The molecule has 1 heterocycles. The van der Waals surface area contributed by atoms with Crippen LogP contribution in [0.3, 0.4) is 0 Å². The predicted octanol–water partition coefficient (Wildman–Crippen LogP) is 5.49. The average Bonchev–Trinajstić information content (AvgIpc) is 2.97. The molecule has 8 heteroatoms. The van der Waals surface area contributed by atoms with Gasteiger partial charge in [0.25, 0.3) is 11.8 Å². The van der Waals surface area contributed by atoms with Gasteiger partial charge in [0, 0.05) is 48.2 Å². The van der Waals surface area contributed by atoms with E-state index in [1.165, 1.54) is 0 Å². The molecular formula is C31H28ClN3O4. The number of amides is 2. The fourth-order valence-electron chi connectivity index (χ4n) is 4.23. The number of aliphatic carboxylic acids is 1. The first kappa shape index (κ1) is 27.5. The highest BCUT2D eigenvalue weighted by molar-refractivity contribution is 6.30. The first-order valence-corrected chi connectivity index (χ1v) is 12.9. The molecule has 198 valence electrons. The molecule has 0 aliphatic rings. The van der Waals surface area contributed by atoms with E-state index in [-0.39, 0.29) is 24.8 Å². The van der Waals surface area contributed by atoms with Crippen LogP contribution in [0.4, 0.5) is 0 Å². The number of aromatic nitrogens is 1. The molecule has 7 nitrogen and oxygen atoms in total. The number of hydrogen-bond acceptors (Lipinski definition) is 4. The molecule has 0 bridgehead atoms. The first-order chi connectivity index (χ1) is 18.9. The molecule has 0 aliphatic carbocycles. The Morgan fingerprint density at radius 1 is 0.795 bits per heavy atom. The van der Waals surface area contributed by atoms with Crippen molar-refractivity contribution in [1.29, 1.82) is 0 Å². The number of carbonyl (C=O) groups is 3. The summed E-state index contributed by atoms with van der Waals surface area (Å²) < 4.78 is 0. The van der Waals surface area contributed by atoms with Gasteiger partial charge >= 0.3 is 5.97 Å². The fourth-order valence-corrected chi connectivity index (χ4v) is 4.35. The summed E-state index contributed by atoms with van der Waals surface area (Å²) in [4.78, 5) is 44.0. The SMILES string of the molecule is O=C(O)CCN(CCc1cccnc1)C(=O)c1ccccc1-c1ccccc1C(=O)NCc1ccc(Cl)cc1. The second-order valence-corrected chi connectivity index (χ2v) is 9.38. The zero-order valence-corrected chi connectivity index (χ0v) is 22.0. The van der Waals surface area contributed by atoms with Crippen molar-refractivity contribution in [1.82, 2.24) is 15.2 Å². The fraction of sp³-hybridized carbons (Fsp3) is 0.161. The van der Waals surface area contributed by atoms with Crippen LogP contribution in [0.15, 0.2) is 97.3 Å². The molecule has 4 aromatic rings. The van der Waals surface area contributed by atoms with E-state index < -0.39 is 5.97 Å². The van der Waals surface area contributed by atoms with E-state index in [0.717, 1.165) is 11.1 Å². The van der Waals surface area contributed by atoms with E-state index in [0.29, 0.717) is 46.8 Å². The number of hydrogen-bond donors (Lipinski definition) is 2. The van der Waals surface area contributed by atoms with Gasteiger partial charge in [-0.05, 0) is 59.0 Å². The minimum Gasteiger partial charge on any atom is -0.481 e. The van der Waals surface area contributed by atoms with Gasteiger partial charge in [-0.2, -0.15) is 0 Å². The number of carboxylic acids is 1. The highest BCUT2D eigenvalue weighted by atomic mass is 35.5. The number of nitrogens with one attached hydrogen (secondary N) is 1. The normalized spacial score (nSPS) is 10.6. The van der Waals surface area contributed by atoms with Crippen LogP contribution < -0.4 is 5.32 Å². The van der Waals surface area contributed by atoms with Crippen molar-refractivity contribution in [2.75, 3.05) is 13.1 Å². The average molecular weight is 542 g/mol. The summed E-state index contributed by atoms with van der Waals surface area (Å²) in [5.74, 6) is -1.56. The maximum atomic E-state index is 13.8. The van der Waals surface area contributed by atoms with Gasteiger partial charge in [-0.1, -0.05) is 66.2 Å². The quantitative estimate of drug-likeness (QED) is 0.261. The van der Waals surface area contributed by atoms with Gasteiger partial charge in [0.2, 0.25) is 0 Å². The summed E-state index contributed by atoms with van der Waals surface area (Å²) in [6.07, 6.45) is 3.76. The molecule has 0 saturated heterocycles. The predicted molar refractivity (Wildman–Crippen MR) is 151 cm³/mol. The minimum absolute atomic E-state index is 0.0615. The van der Waals surface area contributed by atoms with Gasteiger partial charge in [-0.25, -0.2) is 0 Å². The molecule has 1 aromatic heterocycles. The Bertz CT molecular complexity index is 1440. The molecule has 3 aromatic carbocycles. The van der Waals surface area contributed by atoms with Crippen molar-refractivity contribution < 1.29 is 19.5 Å². The highest BCUT2D eigenvalue weighted by Crippen LogP contribution is 2.28. The van der Waals surface area contributed by atoms with E-state index in [2.05, 4.69) is 10.3 Å². The number of carbonyl (C=O) groups excluding carboxylic acids is 2. The van der Waals surface area contributed by atoms with E-state index in [4.69, 9.17) is 11.6 Å². The Kier molecular flexibility index (Phi) is 9.43. The molecule has 39 heavy (non-hydrogen) atoms. The van der Waals surface area contributed by atoms with Gasteiger partial charge in [-0.3, -0.25) is 19.4 Å². The van der Waals surface area contributed by atoms with Gasteiger partial charge in [0.1, 0.15) is 0 Å². The first-order valence-electron chi connectivity index (χ1n) is 12.5. The van der Waals surface area contributed by atoms with E-state index >= 15 is 0 Å². The molecule has 0 radical (unpaired) electrons. The third kappa shape index (κ3) is 7.52. The van der Waals surface area contributed by atoms with Crippen LogP contribution in [-0.2, 0) is 17.8 Å². The molecule has 4 rings (SSSR count). The standard InChI is InChI=1S/C31H28ClN3O4/c32-24-13-11-23(12-14-24)21-34-30(38)27-9-3-1-7-25(27)26-8-2-4-10-28(26)31(39)35(19-16-29(36)37)18-15-22-6-5-17-33-20-22/h1-14,17,20H,15-16,18-19,21H2,(H,34,38)(H,36,37). The van der Waals surface area contributed by atoms with Crippen molar-refractivity contribution >= 4 is 29.4 Å². The van der Waals surface area contributed by atoms with E-state index in [1.807, 2.05) is 36.4 Å². The Morgan fingerprint density at radius 2 is 1.46 bits per heavy atom. The van der Waals surface area contributed by atoms with Crippen LogP contribution in [0.5, 0.6) is 0 Å². The lowest BCUT2D eigenvalue weighted by atomic mass is 9.94. The zero-order valence-electron chi connectivity index (χ0n) is 21.2. The maximum Gasteiger partial charge on any atom is 0.305 e. The van der Waals surface area contributed by atoms with Gasteiger partial charge in [-0.15, -0.1) is 0 Å². The Morgan fingerprint density at radius 3 is 2.13 bits per heavy atom. The van der Waals surface area contributed by atoms with Crippen molar-refractivity contribution in [2.24, 2.45) is 0 Å². The van der Waals surface area contributed by atoms with Gasteiger partial charge in [0.15, 0.2) is 0 Å². The van der Waals surface area contributed by atoms with Crippen LogP contribution in [0.1, 0.15) is 38.3 Å². The second kappa shape index (κ2) is 13.3. The summed E-state index contributed by atoms with van der Waals surface area (Å²) >= 11 is 5.96. The molecule has 0 saturated carbocycles. The molecule has 0 unspecified atom stereocenters. The molecule has 0 fully saturated rings. The van der Waals surface area contributed by atoms with Crippen molar-refractivity contribution in [3.8, 4) is 11.1 Å². The number of pyridine rings is 1. The second-order valence-electron chi connectivity index (χ2n) is 8.95. The molecule has 0 aliphatic heterocycles. The number of benzene rings is 3. The lowest BCUT2D eigenvalue weighted by molar-refractivity contribution is -0.137. The van der Waals surface area contributed by atoms with Gasteiger partial charge in [0.05, 0.1) is 6.42 Å². The largest absolute Gasteiger partial charge is 0.481 e. The zero-order chi connectivity index (χ0) is 27.6. The third-order valence-electron chi connectivity index (χ3n) is 6.26. The van der Waals surface area contributed by atoms with Crippen molar-refractivity contribution in [3.63, 3.8) is 0 Å².